The zero-order chi connectivity index (χ0) is 21.8. The van der Waals surface area contributed by atoms with Crippen LogP contribution in [0.2, 0.25) is 0 Å². The Labute approximate surface area is 178 Å². The number of nitrogens with zero attached hydrogens (tertiary/aromatic N) is 6. The average Bonchev–Trinajstić information content (AvgIpc) is 3.27. The molecule has 31 heavy (non-hydrogen) atoms. The van der Waals surface area contributed by atoms with Crippen LogP contribution in [0.25, 0.3) is 11.1 Å². The number of hydrogen-bond donors (Lipinski definition) is 0. The molecule has 9 nitrogen and oxygen atoms in total. The van der Waals surface area contributed by atoms with E-state index in [0.29, 0.717) is 30.6 Å². The summed E-state index contributed by atoms with van der Waals surface area (Å²) in [5, 5.41) is 0. The van der Waals surface area contributed by atoms with Gasteiger partial charge in [0.15, 0.2) is 11.6 Å². The number of benzene rings is 1. The zero-order valence-corrected chi connectivity index (χ0v) is 17.4. The quantitative estimate of drug-likeness (QED) is 0.646. The first-order valence-corrected chi connectivity index (χ1v) is 9.91. The molecule has 0 saturated carbocycles. The number of cyclic esters (lactones) is 1. The number of aromatic nitrogens is 4. The minimum Gasteiger partial charge on any atom is -0.447 e. The molecule has 2 aliphatic heterocycles. The Morgan fingerprint density at radius 1 is 1.00 bits per heavy atom. The summed E-state index contributed by atoms with van der Waals surface area (Å²) in [6.45, 7) is 6.29. The highest BCUT2D eigenvalue weighted by atomic mass is 16.6. The Morgan fingerprint density at radius 3 is 2.45 bits per heavy atom. The van der Waals surface area contributed by atoms with Gasteiger partial charge in [-0.2, -0.15) is 0 Å². The van der Waals surface area contributed by atoms with E-state index >= 15 is 0 Å². The summed E-state index contributed by atoms with van der Waals surface area (Å²) in [5.74, 6) is 1.28. The number of rotatable bonds is 3. The number of fused-ring (bicyclic) bond motifs is 1. The lowest BCUT2D eigenvalue weighted by Crippen LogP contribution is -2.34. The molecule has 2 aromatic heterocycles. The Bertz CT molecular complexity index is 1210. The molecule has 0 aliphatic carbocycles. The number of aryl methyl sites for hydroxylation is 1. The zero-order valence-electron chi connectivity index (χ0n) is 17.4. The predicted molar refractivity (Wildman–Crippen MR) is 113 cm³/mol. The average molecular weight is 416 g/mol. The van der Waals surface area contributed by atoms with Gasteiger partial charge >= 0.3 is 6.09 Å². The third-order valence-corrected chi connectivity index (χ3v) is 5.64. The number of hydrogen-bond acceptors (Lipinski definition) is 7. The van der Waals surface area contributed by atoms with Gasteiger partial charge < -0.3 is 4.74 Å². The van der Waals surface area contributed by atoms with Gasteiger partial charge in [-0.25, -0.2) is 19.7 Å². The molecule has 156 valence electrons. The summed E-state index contributed by atoms with van der Waals surface area (Å²) < 4.78 is 5.00. The molecule has 4 heterocycles. The smallest absolute Gasteiger partial charge is 0.415 e. The van der Waals surface area contributed by atoms with E-state index in [0.717, 1.165) is 22.4 Å². The van der Waals surface area contributed by atoms with E-state index in [9.17, 15) is 9.59 Å². The molecule has 0 bridgehead atoms. The number of ether oxygens (including phenoxy) is 1. The van der Waals surface area contributed by atoms with Crippen molar-refractivity contribution in [1.29, 1.82) is 0 Å². The van der Waals surface area contributed by atoms with Crippen molar-refractivity contribution in [2.24, 2.45) is 0 Å². The van der Waals surface area contributed by atoms with Crippen LogP contribution in [0.4, 0.5) is 22.1 Å². The van der Waals surface area contributed by atoms with Gasteiger partial charge in [-0.15, -0.1) is 0 Å². The Hall–Kier alpha value is -3.88. The molecule has 2 aliphatic rings. The lowest BCUT2D eigenvalue weighted by atomic mass is 9.85. The molecular weight excluding hydrogens is 396 g/mol. The summed E-state index contributed by atoms with van der Waals surface area (Å²) in [5.41, 5.74) is 2.62. The van der Waals surface area contributed by atoms with Gasteiger partial charge in [0.2, 0.25) is 5.91 Å². The van der Waals surface area contributed by atoms with Crippen LogP contribution < -0.4 is 9.80 Å². The highest BCUT2D eigenvalue weighted by Gasteiger charge is 2.45. The van der Waals surface area contributed by atoms with Gasteiger partial charge in [0.05, 0.1) is 30.0 Å². The molecule has 1 aromatic carbocycles. The van der Waals surface area contributed by atoms with Gasteiger partial charge in [-0.3, -0.25) is 19.6 Å². The molecule has 3 aromatic rings. The van der Waals surface area contributed by atoms with E-state index in [2.05, 4.69) is 19.9 Å². The predicted octanol–water partition coefficient (Wildman–Crippen LogP) is 3.15. The third-order valence-electron chi connectivity index (χ3n) is 5.64. The molecule has 0 radical (unpaired) electrons. The molecule has 0 N–H and O–H groups in total. The first kappa shape index (κ1) is 19.1. The first-order chi connectivity index (χ1) is 14.9. The van der Waals surface area contributed by atoms with Crippen molar-refractivity contribution < 1.29 is 14.3 Å². The van der Waals surface area contributed by atoms with Crippen LogP contribution in [-0.2, 0) is 14.9 Å². The molecule has 5 rings (SSSR count). The Kier molecular flexibility index (Phi) is 4.21. The number of carbonyl (C=O) groups is 2. The highest BCUT2D eigenvalue weighted by Crippen LogP contribution is 2.46. The lowest BCUT2D eigenvalue weighted by molar-refractivity contribution is -0.121. The molecule has 1 fully saturated rings. The maximum atomic E-state index is 13.4. The standard InChI is InChI=1S/C22H20N6O3/c1-13-24-9-15(10-25-13)14-4-5-16-17(8-14)28(20(29)22(16,2)3)19-12-23-11-18(26-19)27-6-7-31-21(27)30/h4-5,8-12H,6-7H2,1-3H3. The normalized spacial score (nSPS) is 17.1. The van der Waals surface area contributed by atoms with E-state index in [1.54, 1.807) is 17.3 Å². The van der Waals surface area contributed by atoms with Crippen molar-refractivity contribution in [2.75, 3.05) is 23.0 Å². The second-order valence-electron chi connectivity index (χ2n) is 8.02. The fraction of sp³-hybridized carbons (Fsp3) is 0.273. The topological polar surface area (TPSA) is 101 Å². The van der Waals surface area contributed by atoms with Crippen molar-refractivity contribution >= 4 is 29.3 Å². The summed E-state index contributed by atoms with van der Waals surface area (Å²) in [6, 6.07) is 5.86. The van der Waals surface area contributed by atoms with Crippen molar-refractivity contribution in [3.63, 3.8) is 0 Å². The molecule has 0 unspecified atom stereocenters. The Morgan fingerprint density at radius 2 is 1.74 bits per heavy atom. The van der Waals surface area contributed by atoms with Crippen molar-refractivity contribution in [3.8, 4) is 11.1 Å². The van der Waals surface area contributed by atoms with Gasteiger partial charge in [0, 0.05) is 18.0 Å². The minimum atomic E-state index is -0.734. The van der Waals surface area contributed by atoms with Crippen LogP contribution in [-0.4, -0.2) is 45.1 Å². The molecule has 0 spiro atoms. The van der Waals surface area contributed by atoms with Crippen molar-refractivity contribution in [2.45, 2.75) is 26.2 Å². The number of anilines is 3. The fourth-order valence-electron chi connectivity index (χ4n) is 3.88. The largest absolute Gasteiger partial charge is 0.447 e. The van der Waals surface area contributed by atoms with Crippen molar-refractivity contribution in [3.05, 3.63) is 54.4 Å². The van der Waals surface area contributed by atoms with Crippen LogP contribution >= 0.6 is 0 Å². The second-order valence-corrected chi connectivity index (χ2v) is 8.02. The molecule has 2 amide bonds. The van der Waals surface area contributed by atoms with Gasteiger partial charge in [-0.1, -0.05) is 12.1 Å². The fourth-order valence-corrected chi connectivity index (χ4v) is 3.88. The van der Waals surface area contributed by atoms with E-state index in [-0.39, 0.29) is 5.91 Å². The highest BCUT2D eigenvalue weighted by molar-refractivity contribution is 6.12. The monoisotopic (exact) mass is 416 g/mol. The van der Waals surface area contributed by atoms with Crippen LogP contribution in [0.1, 0.15) is 25.2 Å². The second kappa shape index (κ2) is 6.83. The van der Waals surface area contributed by atoms with E-state index in [1.165, 1.54) is 17.3 Å². The molecule has 9 heteroatoms. The number of amides is 2. The minimum absolute atomic E-state index is 0.116. The number of carbonyl (C=O) groups excluding carboxylic acids is 2. The summed E-state index contributed by atoms with van der Waals surface area (Å²) in [7, 11) is 0. The van der Waals surface area contributed by atoms with Gasteiger partial charge in [-0.05, 0) is 38.0 Å². The molecular formula is C22H20N6O3. The van der Waals surface area contributed by atoms with Crippen LogP contribution in [0.3, 0.4) is 0 Å². The van der Waals surface area contributed by atoms with Crippen molar-refractivity contribution in [1.82, 2.24) is 19.9 Å². The third kappa shape index (κ3) is 3.00. The Balaban J connectivity index is 1.61. The van der Waals surface area contributed by atoms with Gasteiger partial charge in [0.25, 0.3) is 0 Å². The maximum Gasteiger partial charge on any atom is 0.415 e. The molecule has 1 saturated heterocycles. The van der Waals surface area contributed by atoms with Gasteiger partial charge in [0.1, 0.15) is 12.4 Å². The van der Waals surface area contributed by atoms with E-state index in [1.807, 2.05) is 39.0 Å². The molecule has 0 atom stereocenters. The summed E-state index contributed by atoms with van der Waals surface area (Å²) >= 11 is 0. The lowest BCUT2D eigenvalue weighted by Gasteiger charge is -2.20. The van der Waals surface area contributed by atoms with Crippen LogP contribution in [0, 0.1) is 6.92 Å². The van der Waals surface area contributed by atoms with E-state index < -0.39 is 11.5 Å². The van der Waals surface area contributed by atoms with Crippen LogP contribution in [0.5, 0.6) is 0 Å². The summed E-state index contributed by atoms with van der Waals surface area (Å²) in [4.78, 5) is 45.6. The summed E-state index contributed by atoms with van der Waals surface area (Å²) in [6.07, 6.45) is 6.06. The van der Waals surface area contributed by atoms with E-state index in [4.69, 9.17) is 4.74 Å². The SMILES string of the molecule is Cc1ncc(-c2ccc3c(c2)N(c2cncc(N4CCOC4=O)n2)C(=O)C3(C)C)cn1. The maximum absolute atomic E-state index is 13.4. The first-order valence-electron chi connectivity index (χ1n) is 9.91. The van der Waals surface area contributed by atoms with Crippen LogP contribution in [0.15, 0.2) is 43.0 Å².